The van der Waals surface area contributed by atoms with Crippen LogP contribution in [0.1, 0.15) is 51.3 Å². The molecule has 154 valence electrons. The Morgan fingerprint density at radius 2 is 1.57 bits per heavy atom. The fraction of sp³-hybridized carbons (Fsp3) is 0.455. The average molecular weight is 423 g/mol. The minimum absolute atomic E-state index is 0.0478. The molecule has 0 radical (unpaired) electrons. The molecule has 2 aromatic rings. The highest BCUT2D eigenvalue weighted by Crippen LogP contribution is 2.28. The maximum Gasteiger partial charge on any atom is 0.241 e. The van der Waals surface area contributed by atoms with E-state index in [1.54, 1.807) is 24.3 Å². The van der Waals surface area contributed by atoms with Crippen LogP contribution in [0, 0.1) is 12.8 Å². The Hall–Kier alpha value is -1.40. The normalized spacial score (nSPS) is 14.6. The molecule has 0 aliphatic heterocycles. The Morgan fingerprint density at radius 3 is 2.07 bits per heavy atom. The van der Waals surface area contributed by atoms with Gasteiger partial charge in [0.15, 0.2) is 0 Å². The van der Waals surface area contributed by atoms with E-state index in [0.717, 1.165) is 17.5 Å². The summed E-state index contributed by atoms with van der Waals surface area (Å²) >= 11 is 6.04. The third kappa shape index (κ3) is 6.59. The molecular weight excluding hydrogens is 392 g/mol. The molecule has 0 saturated carbocycles. The average Bonchev–Trinajstić information content (AvgIpc) is 2.61. The lowest BCUT2D eigenvalue weighted by molar-refractivity contribution is 0.318. The van der Waals surface area contributed by atoms with Gasteiger partial charge in [-0.05, 0) is 63.4 Å². The highest BCUT2D eigenvalue weighted by molar-refractivity contribution is 7.89. The summed E-state index contributed by atoms with van der Waals surface area (Å²) < 4.78 is 29.1. The first-order valence-corrected chi connectivity index (χ1v) is 11.5. The highest BCUT2D eigenvalue weighted by Gasteiger charge is 2.28. The van der Waals surface area contributed by atoms with Crippen LogP contribution < -0.4 is 10.0 Å². The van der Waals surface area contributed by atoms with Crippen LogP contribution in [0.25, 0.3) is 0 Å². The molecular formula is C22H31ClN2O2S. The van der Waals surface area contributed by atoms with Gasteiger partial charge in [-0.3, -0.25) is 0 Å². The third-order valence-electron chi connectivity index (χ3n) is 4.73. The Balaban J connectivity index is 2.36. The molecule has 0 aliphatic carbocycles. The summed E-state index contributed by atoms with van der Waals surface area (Å²) in [5.74, 6) is 0.0839. The fourth-order valence-electron chi connectivity index (χ4n) is 2.99. The molecule has 0 amide bonds. The SMILES string of the molecule is CCC(CNC(C)(C)C)C(NS(=O)(=O)c1ccc(C)cc1)c1ccc(Cl)cc1. The van der Waals surface area contributed by atoms with E-state index < -0.39 is 10.0 Å². The number of benzene rings is 2. The monoisotopic (exact) mass is 422 g/mol. The van der Waals surface area contributed by atoms with E-state index in [4.69, 9.17) is 11.6 Å². The maximum atomic E-state index is 13.1. The number of rotatable bonds is 8. The first-order valence-electron chi connectivity index (χ1n) is 9.61. The fourth-order valence-corrected chi connectivity index (χ4v) is 4.41. The number of hydrogen-bond acceptors (Lipinski definition) is 3. The zero-order chi connectivity index (χ0) is 20.9. The second-order valence-electron chi connectivity index (χ2n) is 8.26. The smallest absolute Gasteiger partial charge is 0.241 e. The number of sulfonamides is 1. The first kappa shape index (κ1) is 22.9. The van der Waals surface area contributed by atoms with Gasteiger partial charge in [0.25, 0.3) is 0 Å². The minimum atomic E-state index is -3.65. The third-order valence-corrected chi connectivity index (χ3v) is 6.44. The van der Waals surface area contributed by atoms with Crippen LogP contribution in [0.15, 0.2) is 53.4 Å². The van der Waals surface area contributed by atoms with Crippen molar-refractivity contribution in [1.29, 1.82) is 0 Å². The van der Waals surface area contributed by atoms with Crippen molar-refractivity contribution in [2.45, 2.75) is 57.5 Å². The van der Waals surface area contributed by atoms with E-state index in [-0.39, 0.29) is 22.4 Å². The molecule has 6 heteroatoms. The summed E-state index contributed by atoms with van der Waals surface area (Å²) in [7, 11) is -3.65. The van der Waals surface area contributed by atoms with Crippen LogP contribution >= 0.6 is 11.6 Å². The minimum Gasteiger partial charge on any atom is -0.312 e. The molecule has 4 nitrogen and oxygen atoms in total. The van der Waals surface area contributed by atoms with Gasteiger partial charge in [0.1, 0.15) is 0 Å². The van der Waals surface area contributed by atoms with Crippen LogP contribution in [0.4, 0.5) is 0 Å². The molecule has 2 rings (SSSR count). The van der Waals surface area contributed by atoms with E-state index in [2.05, 4.69) is 37.7 Å². The van der Waals surface area contributed by atoms with Gasteiger partial charge < -0.3 is 5.32 Å². The Bertz CT molecular complexity index is 857. The molecule has 0 aliphatic rings. The molecule has 0 fully saturated rings. The largest absolute Gasteiger partial charge is 0.312 e. The molecule has 0 saturated heterocycles. The van der Waals surface area contributed by atoms with E-state index >= 15 is 0 Å². The van der Waals surface area contributed by atoms with Crippen molar-refractivity contribution in [3.63, 3.8) is 0 Å². The summed E-state index contributed by atoms with van der Waals surface area (Å²) in [4.78, 5) is 0.274. The Labute approximate surface area is 174 Å². The Kier molecular flexibility index (Phi) is 7.68. The van der Waals surface area contributed by atoms with Crippen molar-refractivity contribution in [3.05, 3.63) is 64.7 Å². The summed E-state index contributed by atoms with van der Waals surface area (Å²) in [5.41, 5.74) is 1.88. The van der Waals surface area contributed by atoms with Crippen LogP contribution in [0.5, 0.6) is 0 Å². The molecule has 0 bridgehead atoms. The van der Waals surface area contributed by atoms with E-state index in [1.165, 1.54) is 0 Å². The summed E-state index contributed by atoms with van der Waals surface area (Å²) in [6.45, 7) is 11.0. The van der Waals surface area contributed by atoms with Crippen molar-refractivity contribution in [2.75, 3.05) is 6.54 Å². The van der Waals surface area contributed by atoms with Crippen molar-refractivity contribution >= 4 is 21.6 Å². The zero-order valence-electron chi connectivity index (χ0n) is 17.3. The molecule has 0 heterocycles. The highest BCUT2D eigenvalue weighted by atomic mass is 35.5. The first-order chi connectivity index (χ1) is 13.0. The van der Waals surface area contributed by atoms with E-state index in [9.17, 15) is 8.42 Å². The van der Waals surface area contributed by atoms with Gasteiger partial charge in [-0.15, -0.1) is 0 Å². The predicted octanol–water partition coefficient (Wildman–Crippen LogP) is 5.08. The van der Waals surface area contributed by atoms with Crippen molar-refractivity contribution < 1.29 is 8.42 Å². The van der Waals surface area contributed by atoms with Crippen LogP contribution in [-0.4, -0.2) is 20.5 Å². The lowest BCUT2D eigenvalue weighted by atomic mass is 9.90. The topological polar surface area (TPSA) is 58.2 Å². The number of aryl methyl sites for hydroxylation is 1. The van der Waals surface area contributed by atoms with Crippen LogP contribution in [0.2, 0.25) is 5.02 Å². The van der Waals surface area contributed by atoms with Gasteiger partial charge >= 0.3 is 0 Å². The molecule has 28 heavy (non-hydrogen) atoms. The van der Waals surface area contributed by atoms with Gasteiger partial charge in [0, 0.05) is 17.1 Å². The quantitative estimate of drug-likeness (QED) is 0.623. The molecule has 2 aromatic carbocycles. The number of nitrogens with one attached hydrogen (secondary N) is 2. The molecule has 2 N–H and O–H groups in total. The zero-order valence-corrected chi connectivity index (χ0v) is 18.9. The Morgan fingerprint density at radius 1 is 1.00 bits per heavy atom. The molecule has 0 spiro atoms. The second kappa shape index (κ2) is 9.40. The molecule has 2 atom stereocenters. The van der Waals surface area contributed by atoms with Gasteiger partial charge in [-0.1, -0.05) is 54.8 Å². The van der Waals surface area contributed by atoms with Gasteiger partial charge in [-0.25, -0.2) is 13.1 Å². The molecule has 0 aromatic heterocycles. The lowest BCUT2D eigenvalue weighted by Gasteiger charge is -2.31. The number of halogens is 1. The second-order valence-corrected chi connectivity index (χ2v) is 10.4. The predicted molar refractivity (Wildman–Crippen MR) is 117 cm³/mol. The summed E-state index contributed by atoms with van der Waals surface area (Å²) in [6.07, 6.45) is 0.826. The standard InChI is InChI=1S/C22H31ClN2O2S/c1-6-17(15-24-22(3,4)5)21(18-9-11-19(23)12-10-18)25-28(26,27)20-13-7-16(2)8-14-20/h7-14,17,21,24-25H,6,15H2,1-5H3. The summed E-state index contributed by atoms with van der Waals surface area (Å²) in [5, 5.41) is 4.14. The van der Waals surface area contributed by atoms with Crippen LogP contribution in [0.3, 0.4) is 0 Å². The van der Waals surface area contributed by atoms with Gasteiger partial charge in [0.2, 0.25) is 10.0 Å². The summed E-state index contributed by atoms with van der Waals surface area (Å²) in [6, 6.07) is 13.9. The van der Waals surface area contributed by atoms with Gasteiger partial charge in [0.05, 0.1) is 10.9 Å². The number of hydrogen-bond donors (Lipinski definition) is 2. The van der Waals surface area contributed by atoms with E-state index in [1.807, 2.05) is 31.2 Å². The maximum absolute atomic E-state index is 13.1. The van der Waals surface area contributed by atoms with Crippen molar-refractivity contribution in [1.82, 2.24) is 10.0 Å². The molecule has 2 unspecified atom stereocenters. The lowest BCUT2D eigenvalue weighted by Crippen LogP contribution is -2.43. The van der Waals surface area contributed by atoms with Crippen LogP contribution in [-0.2, 0) is 10.0 Å². The van der Waals surface area contributed by atoms with Crippen molar-refractivity contribution in [2.24, 2.45) is 5.92 Å². The van der Waals surface area contributed by atoms with Crippen molar-refractivity contribution in [3.8, 4) is 0 Å². The van der Waals surface area contributed by atoms with Gasteiger partial charge in [-0.2, -0.15) is 0 Å². The van der Waals surface area contributed by atoms with E-state index in [0.29, 0.717) is 11.6 Å².